The van der Waals surface area contributed by atoms with Crippen LogP contribution >= 0.6 is 0 Å². The number of carbonyl (C=O) groups is 2. The smallest absolute Gasteiger partial charge is 0.407 e. The zero-order valence-corrected chi connectivity index (χ0v) is 16.4. The molecule has 2 aliphatic rings. The Morgan fingerprint density at radius 2 is 1.48 bits per heavy atom. The maximum atomic E-state index is 12.2. The van der Waals surface area contributed by atoms with Crippen LogP contribution < -0.4 is 5.32 Å². The molecule has 0 saturated carbocycles. The van der Waals surface area contributed by atoms with Gasteiger partial charge >= 0.3 is 12.1 Å². The lowest BCUT2D eigenvalue weighted by Crippen LogP contribution is -2.61. The molecule has 164 valence electrons. The van der Waals surface area contributed by atoms with Gasteiger partial charge in [0.1, 0.15) is 31.0 Å². The first-order chi connectivity index (χ1) is 14.9. The maximum absolute atomic E-state index is 12.2. The fraction of sp³-hybridized carbons (Fsp3) is 0.364. The summed E-state index contributed by atoms with van der Waals surface area (Å²) in [7, 11) is 0. The molecule has 4 rings (SSSR count). The van der Waals surface area contributed by atoms with E-state index in [9.17, 15) is 24.9 Å². The van der Waals surface area contributed by atoms with Crippen LogP contribution in [0.15, 0.2) is 48.5 Å². The van der Waals surface area contributed by atoms with E-state index in [0.717, 1.165) is 22.3 Å². The van der Waals surface area contributed by atoms with E-state index in [2.05, 4.69) is 5.32 Å². The van der Waals surface area contributed by atoms with Crippen molar-refractivity contribution >= 4 is 12.1 Å². The molecule has 5 N–H and O–H groups in total. The first-order valence-corrected chi connectivity index (χ1v) is 9.89. The molecule has 1 saturated heterocycles. The van der Waals surface area contributed by atoms with Crippen LogP contribution in [0.4, 0.5) is 4.79 Å². The fourth-order valence-corrected chi connectivity index (χ4v) is 4.16. The molecule has 9 heteroatoms. The second-order valence-corrected chi connectivity index (χ2v) is 7.61. The number of carboxylic acids is 1. The van der Waals surface area contributed by atoms with Gasteiger partial charge in [0, 0.05) is 12.5 Å². The molecule has 1 aliphatic heterocycles. The maximum Gasteiger partial charge on any atom is 0.407 e. The minimum absolute atomic E-state index is 0.0903. The molecule has 2 aromatic rings. The second-order valence-electron chi connectivity index (χ2n) is 7.61. The summed E-state index contributed by atoms with van der Waals surface area (Å²) in [5.74, 6) is -1.60. The van der Waals surface area contributed by atoms with Gasteiger partial charge in [-0.15, -0.1) is 0 Å². The summed E-state index contributed by atoms with van der Waals surface area (Å²) in [6.45, 7) is -0.210. The Bertz CT molecular complexity index is 934. The molecular weight excluding hydrogens is 406 g/mol. The van der Waals surface area contributed by atoms with Crippen LogP contribution in [0.1, 0.15) is 17.0 Å². The van der Waals surface area contributed by atoms with Crippen molar-refractivity contribution in [2.24, 2.45) is 0 Å². The first-order valence-electron chi connectivity index (χ1n) is 9.89. The number of aliphatic hydroxyl groups excluding tert-OH is 3. The summed E-state index contributed by atoms with van der Waals surface area (Å²) in [6, 6.07) is 15.8. The van der Waals surface area contributed by atoms with Gasteiger partial charge in [-0.1, -0.05) is 48.5 Å². The van der Waals surface area contributed by atoms with Gasteiger partial charge in [-0.05, 0) is 22.3 Å². The van der Waals surface area contributed by atoms with E-state index in [4.69, 9.17) is 14.6 Å². The second kappa shape index (κ2) is 8.64. The van der Waals surface area contributed by atoms with E-state index in [0.29, 0.717) is 0 Å². The minimum atomic E-state index is -1.78. The van der Waals surface area contributed by atoms with Crippen molar-refractivity contribution in [1.82, 2.24) is 5.32 Å². The van der Waals surface area contributed by atoms with E-state index in [1.165, 1.54) is 0 Å². The lowest BCUT2D eigenvalue weighted by atomic mass is 9.95. The van der Waals surface area contributed by atoms with Crippen molar-refractivity contribution in [2.45, 2.75) is 36.4 Å². The summed E-state index contributed by atoms with van der Waals surface area (Å²) in [4.78, 5) is 23.4. The summed E-state index contributed by atoms with van der Waals surface area (Å²) in [5, 5.41) is 41.1. The summed E-state index contributed by atoms with van der Waals surface area (Å²) in [5.41, 5.74) is 4.31. The number of carboxylic acid groups (broad SMARTS) is 1. The van der Waals surface area contributed by atoms with E-state index < -0.39 is 42.6 Å². The number of nitrogens with one attached hydrogen (secondary N) is 1. The average molecular weight is 429 g/mol. The predicted molar refractivity (Wildman–Crippen MR) is 107 cm³/mol. The number of hydrogen-bond donors (Lipinski definition) is 5. The number of fused-ring (bicyclic) bond motifs is 3. The summed E-state index contributed by atoms with van der Waals surface area (Å²) in [6.07, 6.45) is -8.78. The van der Waals surface area contributed by atoms with Gasteiger partial charge in [-0.3, -0.25) is 0 Å². The SMILES string of the molecule is O=C(NC[C@@H]1O[C@@H](C(=O)O)[C@H](O)[C@H](O)[C@H]1O)OCC1c2ccccc2-c2ccccc21. The third-order valence-corrected chi connectivity index (χ3v) is 5.75. The van der Waals surface area contributed by atoms with Crippen molar-refractivity contribution < 1.29 is 39.5 Å². The molecule has 0 bridgehead atoms. The number of amides is 1. The highest BCUT2D eigenvalue weighted by Crippen LogP contribution is 2.44. The van der Waals surface area contributed by atoms with Crippen molar-refractivity contribution in [3.05, 3.63) is 59.7 Å². The highest BCUT2D eigenvalue weighted by atomic mass is 16.6. The normalized spacial score (nSPS) is 27.3. The molecule has 2 aromatic carbocycles. The number of rotatable bonds is 5. The van der Waals surface area contributed by atoms with Gasteiger partial charge in [0.25, 0.3) is 0 Å². The number of alkyl carbamates (subject to hydrolysis) is 1. The Morgan fingerprint density at radius 3 is 2.06 bits per heavy atom. The van der Waals surface area contributed by atoms with Crippen LogP contribution in [0, 0.1) is 0 Å². The van der Waals surface area contributed by atoms with Gasteiger partial charge < -0.3 is 35.2 Å². The highest BCUT2D eigenvalue weighted by molar-refractivity contribution is 5.79. The van der Waals surface area contributed by atoms with E-state index in [-0.39, 0.29) is 19.1 Å². The number of aliphatic carboxylic acids is 1. The number of ether oxygens (including phenoxy) is 2. The Kier molecular flexibility index (Phi) is 5.92. The standard InChI is InChI=1S/C22H23NO8/c24-17-16(31-20(21(27)28)19(26)18(17)25)9-23-22(29)30-10-15-13-7-3-1-5-11(13)12-6-2-4-8-14(12)15/h1-8,15-20,24-26H,9-10H2,(H,23,29)(H,27,28)/t16-,17-,18+,19+,20+/m0/s1. The Balaban J connectivity index is 1.37. The Hall–Kier alpha value is -2.98. The van der Waals surface area contributed by atoms with Crippen LogP contribution in [0.3, 0.4) is 0 Å². The van der Waals surface area contributed by atoms with Crippen molar-refractivity contribution in [3.63, 3.8) is 0 Å². The van der Waals surface area contributed by atoms with Gasteiger partial charge in [0.15, 0.2) is 6.10 Å². The summed E-state index contributed by atoms with van der Waals surface area (Å²) < 4.78 is 10.5. The molecule has 0 unspecified atom stereocenters. The van der Waals surface area contributed by atoms with E-state index in [1.807, 2.05) is 48.5 Å². The zero-order chi connectivity index (χ0) is 22.1. The van der Waals surface area contributed by atoms with E-state index in [1.54, 1.807) is 0 Å². The Labute approximate surface area is 177 Å². The van der Waals surface area contributed by atoms with Crippen LogP contribution in [0.2, 0.25) is 0 Å². The largest absolute Gasteiger partial charge is 0.479 e. The van der Waals surface area contributed by atoms with Crippen molar-refractivity contribution in [2.75, 3.05) is 13.2 Å². The zero-order valence-electron chi connectivity index (χ0n) is 16.4. The molecule has 1 aliphatic carbocycles. The topological polar surface area (TPSA) is 146 Å². The lowest BCUT2D eigenvalue weighted by molar-refractivity contribution is -0.226. The molecule has 1 heterocycles. The van der Waals surface area contributed by atoms with Crippen LogP contribution in [0.5, 0.6) is 0 Å². The monoisotopic (exact) mass is 429 g/mol. The first kappa shape index (κ1) is 21.3. The van der Waals surface area contributed by atoms with Crippen LogP contribution in [0.25, 0.3) is 11.1 Å². The predicted octanol–water partition coefficient (Wildman–Crippen LogP) is 0.460. The summed E-state index contributed by atoms with van der Waals surface area (Å²) >= 11 is 0. The minimum Gasteiger partial charge on any atom is -0.479 e. The lowest BCUT2D eigenvalue weighted by Gasteiger charge is -2.38. The quantitative estimate of drug-likeness (QED) is 0.461. The number of hydrogen-bond acceptors (Lipinski definition) is 7. The molecule has 31 heavy (non-hydrogen) atoms. The van der Waals surface area contributed by atoms with Gasteiger partial charge in [-0.2, -0.15) is 0 Å². The third kappa shape index (κ3) is 4.00. The third-order valence-electron chi connectivity index (χ3n) is 5.75. The van der Waals surface area contributed by atoms with Gasteiger partial charge in [-0.25, -0.2) is 9.59 Å². The van der Waals surface area contributed by atoms with Crippen molar-refractivity contribution in [1.29, 1.82) is 0 Å². The molecule has 9 nitrogen and oxygen atoms in total. The molecule has 5 atom stereocenters. The van der Waals surface area contributed by atoms with Gasteiger partial charge in [0.2, 0.25) is 0 Å². The number of aliphatic hydroxyl groups is 3. The van der Waals surface area contributed by atoms with Crippen LogP contribution in [-0.2, 0) is 14.3 Å². The Morgan fingerprint density at radius 1 is 0.903 bits per heavy atom. The average Bonchev–Trinajstić information content (AvgIpc) is 3.09. The molecule has 1 amide bonds. The number of benzene rings is 2. The molecule has 1 fully saturated rings. The molecule has 0 radical (unpaired) electrons. The number of carbonyl (C=O) groups excluding carboxylic acids is 1. The van der Waals surface area contributed by atoms with Crippen molar-refractivity contribution in [3.8, 4) is 11.1 Å². The van der Waals surface area contributed by atoms with Crippen LogP contribution in [-0.4, -0.2) is 76.2 Å². The molecule has 0 spiro atoms. The molecular formula is C22H23NO8. The van der Waals surface area contributed by atoms with E-state index >= 15 is 0 Å². The molecule has 0 aromatic heterocycles. The highest BCUT2D eigenvalue weighted by Gasteiger charge is 2.46. The fourth-order valence-electron chi connectivity index (χ4n) is 4.16. The van der Waals surface area contributed by atoms with Gasteiger partial charge in [0.05, 0.1) is 0 Å².